The molecule has 1 heterocycles. The molecule has 1 aliphatic heterocycles. The van der Waals surface area contributed by atoms with Gasteiger partial charge in [0.25, 0.3) is 0 Å². The van der Waals surface area contributed by atoms with E-state index in [1.165, 1.54) is 0 Å². The summed E-state index contributed by atoms with van der Waals surface area (Å²) in [7, 11) is 1.64. The van der Waals surface area contributed by atoms with Crippen LogP contribution in [0.1, 0.15) is 28.4 Å². The lowest BCUT2D eigenvalue weighted by molar-refractivity contribution is 0.0626. The van der Waals surface area contributed by atoms with E-state index < -0.39 is 5.97 Å². The second kappa shape index (κ2) is 3.90. The molecule has 0 fully saturated rings. The number of carbonyl (C=O) groups is 1. The van der Waals surface area contributed by atoms with Gasteiger partial charge >= 0.3 is 5.97 Å². The maximum Gasteiger partial charge on any atom is 0.335 e. The number of hydrogen-bond donors (Lipinski definition) is 1. The second-order valence-corrected chi connectivity index (χ2v) is 3.42. The summed E-state index contributed by atoms with van der Waals surface area (Å²) in [5, 5.41) is 8.82. The number of carboxylic acids is 1. The van der Waals surface area contributed by atoms with E-state index in [1.54, 1.807) is 25.3 Å². The summed E-state index contributed by atoms with van der Waals surface area (Å²) < 4.78 is 10.7. The zero-order chi connectivity index (χ0) is 10.8. The Morgan fingerprint density at radius 1 is 1.60 bits per heavy atom. The monoisotopic (exact) mass is 208 g/mol. The summed E-state index contributed by atoms with van der Waals surface area (Å²) in [5.74, 6) is -0.325. The van der Waals surface area contributed by atoms with Crippen molar-refractivity contribution in [3.8, 4) is 5.75 Å². The number of rotatable bonds is 2. The van der Waals surface area contributed by atoms with Crippen LogP contribution in [0.25, 0.3) is 0 Å². The van der Waals surface area contributed by atoms with Crippen LogP contribution in [0.5, 0.6) is 5.75 Å². The van der Waals surface area contributed by atoms with Crippen molar-refractivity contribution in [1.82, 2.24) is 0 Å². The highest BCUT2D eigenvalue weighted by molar-refractivity contribution is 5.88. The van der Waals surface area contributed by atoms with E-state index in [-0.39, 0.29) is 11.7 Å². The first-order valence-electron chi connectivity index (χ1n) is 4.75. The first kappa shape index (κ1) is 9.98. The van der Waals surface area contributed by atoms with Crippen LogP contribution in [0.15, 0.2) is 18.2 Å². The number of carboxylic acid groups (broad SMARTS) is 1. The molecule has 0 aliphatic carbocycles. The molecule has 80 valence electrons. The van der Waals surface area contributed by atoms with Gasteiger partial charge in [-0.2, -0.15) is 0 Å². The molecule has 0 saturated heterocycles. The summed E-state index contributed by atoms with van der Waals surface area (Å²) in [5.41, 5.74) is 1.17. The number of benzene rings is 1. The average molecular weight is 208 g/mol. The van der Waals surface area contributed by atoms with Crippen LogP contribution in [0, 0.1) is 0 Å². The summed E-state index contributed by atoms with van der Waals surface area (Å²) in [6.45, 7) is 0.564. The Labute approximate surface area is 87.4 Å². The maximum atomic E-state index is 10.8. The highest BCUT2D eigenvalue weighted by atomic mass is 16.5. The van der Waals surface area contributed by atoms with Gasteiger partial charge in [-0.15, -0.1) is 0 Å². The van der Waals surface area contributed by atoms with E-state index in [9.17, 15) is 4.79 Å². The number of hydrogen-bond acceptors (Lipinski definition) is 3. The molecule has 1 unspecified atom stereocenters. The third-order valence-electron chi connectivity index (χ3n) is 2.53. The molecule has 0 radical (unpaired) electrons. The van der Waals surface area contributed by atoms with Crippen LogP contribution < -0.4 is 4.74 Å². The quantitative estimate of drug-likeness (QED) is 0.805. The van der Waals surface area contributed by atoms with Gasteiger partial charge < -0.3 is 14.6 Å². The minimum Gasteiger partial charge on any atom is -0.493 e. The SMILES string of the molecule is COC1CCOc2cc(C(=O)O)ccc21. The Balaban J connectivity index is 2.40. The molecule has 4 nitrogen and oxygen atoms in total. The van der Waals surface area contributed by atoms with E-state index in [2.05, 4.69) is 0 Å². The molecular weight excluding hydrogens is 196 g/mol. The zero-order valence-electron chi connectivity index (χ0n) is 8.40. The molecule has 0 spiro atoms. The zero-order valence-corrected chi connectivity index (χ0v) is 8.40. The molecule has 0 bridgehead atoms. The van der Waals surface area contributed by atoms with Crippen LogP contribution in [0.3, 0.4) is 0 Å². The lowest BCUT2D eigenvalue weighted by atomic mass is 10.0. The van der Waals surface area contributed by atoms with Crippen molar-refractivity contribution in [2.24, 2.45) is 0 Å². The largest absolute Gasteiger partial charge is 0.493 e. The second-order valence-electron chi connectivity index (χ2n) is 3.42. The molecule has 1 aromatic rings. The van der Waals surface area contributed by atoms with E-state index in [0.717, 1.165) is 12.0 Å². The molecule has 2 rings (SSSR count). The predicted octanol–water partition coefficient (Wildman–Crippen LogP) is 1.85. The molecule has 1 aromatic carbocycles. The average Bonchev–Trinajstić information content (AvgIpc) is 2.27. The first-order valence-corrected chi connectivity index (χ1v) is 4.75. The van der Waals surface area contributed by atoms with Gasteiger partial charge in [-0.1, -0.05) is 6.07 Å². The summed E-state index contributed by atoms with van der Waals surface area (Å²) in [6, 6.07) is 4.87. The molecule has 4 heteroatoms. The normalized spacial score (nSPS) is 19.1. The maximum absolute atomic E-state index is 10.8. The fourth-order valence-corrected chi connectivity index (χ4v) is 1.73. The number of ether oxygens (including phenoxy) is 2. The molecule has 1 atom stereocenters. The van der Waals surface area contributed by atoms with Crippen molar-refractivity contribution in [3.05, 3.63) is 29.3 Å². The number of aromatic carboxylic acids is 1. The predicted molar refractivity (Wildman–Crippen MR) is 53.3 cm³/mol. The van der Waals surface area contributed by atoms with Crippen molar-refractivity contribution in [1.29, 1.82) is 0 Å². The van der Waals surface area contributed by atoms with Gasteiger partial charge in [0.2, 0.25) is 0 Å². The molecule has 1 N–H and O–H groups in total. The van der Waals surface area contributed by atoms with Gasteiger partial charge in [0.15, 0.2) is 0 Å². The smallest absolute Gasteiger partial charge is 0.335 e. The molecule has 1 aliphatic rings. The van der Waals surface area contributed by atoms with Crippen molar-refractivity contribution in [2.45, 2.75) is 12.5 Å². The Morgan fingerprint density at radius 3 is 3.07 bits per heavy atom. The fraction of sp³-hybridized carbons (Fsp3) is 0.364. The third kappa shape index (κ3) is 1.80. The summed E-state index contributed by atoms with van der Waals surface area (Å²) in [4.78, 5) is 10.8. The Morgan fingerprint density at radius 2 is 2.40 bits per heavy atom. The van der Waals surface area contributed by atoms with E-state index >= 15 is 0 Å². The minimum atomic E-state index is -0.944. The Bertz CT molecular complexity index is 386. The molecule has 0 saturated carbocycles. The highest BCUT2D eigenvalue weighted by Gasteiger charge is 2.22. The lowest BCUT2D eigenvalue weighted by Gasteiger charge is -2.24. The van der Waals surface area contributed by atoms with Gasteiger partial charge in [0, 0.05) is 19.1 Å². The van der Waals surface area contributed by atoms with Gasteiger partial charge in [0.1, 0.15) is 5.75 Å². The van der Waals surface area contributed by atoms with Gasteiger partial charge in [-0.25, -0.2) is 4.79 Å². The summed E-state index contributed by atoms with van der Waals surface area (Å²) in [6.07, 6.45) is 0.812. The van der Waals surface area contributed by atoms with E-state index in [4.69, 9.17) is 14.6 Å². The van der Waals surface area contributed by atoms with E-state index in [1.807, 2.05) is 0 Å². The van der Waals surface area contributed by atoms with Crippen molar-refractivity contribution >= 4 is 5.97 Å². The number of fused-ring (bicyclic) bond motifs is 1. The van der Waals surface area contributed by atoms with Crippen molar-refractivity contribution in [3.63, 3.8) is 0 Å². The topological polar surface area (TPSA) is 55.8 Å². The van der Waals surface area contributed by atoms with Crippen LogP contribution in [-0.2, 0) is 4.74 Å². The van der Waals surface area contributed by atoms with Gasteiger partial charge in [-0.3, -0.25) is 0 Å². The van der Waals surface area contributed by atoms with Crippen LogP contribution in [-0.4, -0.2) is 24.8 Å². The van der Waals surface area contributed by atoms with Gasteiger partial charge in [-0.05, 0) is 12.1 Å². The summed E-state index contributed by atoms with van der Waals surface area (Å²) >= 11 is 0. The molecule has 0 amide bonds. The fourth-order valence-electron chi connectivity index (χ4n) is 1.73. The molecular formula is C11H12O4. The Hall–Kier alpha value is -1.55. The third-order valence-corrected chi connectivity index (χ3v) is 2.53. The van der Waals surface area contributed by atoms with Crippen LogP contribution in [0.4, 0.5) is 0 Å². The van der Waals surface area contributed by atoms with Crippen molar-refractivity contribution < 1.29 is 19.4 Å². The lowest BCUT2D eigenvalue weighted by Crippen LogP contribution is -2.16. The standard InChI is InChI=1S/C11H12O4/c1-14-9-4-5-15-10-6-7(11(12)13)2-3-8(9)10/h2-3,6,9H,4-5H2,1H3,(H,12,13). The van der Waals surface area contributed by atoms with Crippen LogP contribution in [0.2, 0.25) is 0 Å². The molecule has 0 aromatic heterocycles. The van der Waals surface area contributed by atoms with Crippen molar-refractivity contribution in [2.75, 3.05) is 13.7 Å². The van der Waals surface area contributed by atoms with E-state index in [0.29, 0.717) is 12.4 Å². The minimum absolute atomic E-state index is 0.0107. The van der Waals surface area contributed by atoms with Crippen LogP contribution >= 0.6 is 0 Å². The first-order chi connectivity index (χ1) is 7.22. The number of methoxy groups -OCH3 is 1. The Kier molecular flexibility index (Phi) is 2.60. The highest BCUT2D eigenvalue weighted by Crippen LogP contribution is 2.34. The van der Waals surface area contributed by atoms with Gasteiger partial charge in [0.05, 0.1) is 18.3 Å². The molecule has 15 heavy (non-hydrogen) atoms.